The summed E-state index contributed by atoms with van der Waals surface area (Å²) in [5.74, 6) is 1.77. The zero-order chi connectivity index (χ0) is 13.1. The molecular formula is C16H35N. The Morgan fingerprint density at radius 3 is 2.12 bits per heavy atom. The molecule has 17 heavy (non-hydrogen) atoms. The monoisotopic (exact) mass is 241 g/mol. The van der Waals surface area contributed by atoms with Gasteiger partial charge in [0.15, 0.2) is 0 Å². The van der Waals surface area contributed by atoms with E-state index in [-0.39, 0.29) is 0 Å². The third kappa shape index (κ3) is 8.65. The van der Waals surface area contributed by atoms with E-state index in [1.807, 2.05) is 0 Å². The summed E-state index contributed by atoms with van der Waals surface area (Å²) < 4.78 is 0. The Morgan fingerprint density at radius 2 is 1.59 bits per heavy atom. The second-order valence-corrected chi connectivity index (χ2v) is 5.77. The molecular weight excluding hydrogens is 206 g/mol. The van der Waals surface area contributed by atoms with E-state index in [2.05, 4.69) is 39.9 Å². The molecule has 0 bridgehead atoms. The fourth-order valence-electron chi connectivity index (χ4n) is 2.67. The summed E-state index contributed by atoms with van der Waals surface area (Å²) in [4.78, 5) is 0. The lowest BCUT2D eigenvalue weighted by Gasteiger charge is -2.27. The smallest absolute Gasteiger partial charge is 0.00670 e. The maximum atomic E-state index is 3.68. The van der Waals surface area contributed by atoms with Crippen molar-refractivity contribution in [3.63, 3.8) is 0 Å². The third-order valence-corrected chi connectivity index (χ3v) is 3.84. The van der Waals surface area contributed by atoms with E-state index < -0.39 is 0 Å². The molecule has 3 atom stereocenters. The molecule has 0 aromatic carbocycles. The maximum absolute atomic E-state index is 3.68. The highest BCUT2D eigenvalue weighted by molar-refractivity contribution is 4.74. The van der Waals surface area contributed by atoms with Gasteiger partial charge in [0.25, 0.3) is 0 Å². The Kier molecular flexibility index (Phi) is 11.0. The standard InChI is InChI=1S/C16H35N/c1-6-9-11-14(4)13-16(10-7-2)15(5)17-12-8-3/h14-17H,6-13H2,1-5H3. The fourth-order valence-corrected chi connectivity index (χ4v) is 2.67. The van der Waals surface area contributed by atoms with Crippen molar-refractivity contribution >= 4 is 0 Å². The van der Waals surface area contributed by atoms with Crippen molar-refractivity contribution in [3.8, 4) is 0 Å². The summed E-state index contributed by atoms with van der Waals surface area (Å²) in [7, 11) is 0. The molecule has 0 aliphatic heterocycles. The number of nitrogens with one attached hydrogen (secondary N) is 1. The lowest BCUT2D eigenvalue weighted by Crippen LogP contribution is -2.34. The SMILES string of the molecule is CCCCC(C)CC(CCC)C(C)NCCC. The first kappa shape index (κ1) is 17.0. The summed E-state index contributed by atoms with van der Waals surface area (Å²) in [5.41, 5.74) is 0. The van der Waals surface area contributed by atoms with Gasteiger partial charge in [-0.3, -0.25) is 0 Å². The van der Waals surface area contributed by atoms with Crippen LogP contribution in [-0.2, 0) is 0 Å². The Balaban J connectivity index is 4.02. The van der Waals surface area contributed by atoms with Crippen molar-refractivity contribution in [2.75, 3.05) is 6.54 Å². The van der Waals surface area contributed by atoms with Gasteiger partial charge >= 0.3 is 0 Å². The number of rotatable bonds is 11. The molecule has 0 fully saturated rings. The first-order valence-electron chi connectivity index (χ1n) is 7.88. The van der Waals surface area contributed by atoms with Crippen molar-refractivity contribution < 1.29 is 0 Å². The lowest BCUT2D eigenvalue weighted by atomic mass is 9.85. The highest BCUT2D eigenvalue weighted by Gasteiger charge is 2.18. The average Bonchev–Trinajstić information content (AvgIpc) is 2.32. The van der Waals surface area contributed by atoms with Gasteiger partial charge in [-0.2, -0.15) is 0 Å². The molecule has 1 nitrogen and oxygen atoms in total. The van der Waals surface area contributed by atoms with Crippen LogP contribution in [0.2, 0.25) is 0 Å². The molecule has 0 aromatic heterocycles. The molecule has 0 aliphatic carbocycles. The van der Waals surface area contributed by atoms with E-state index in [4.69, 9.17) is 0 Å². The predicted octanol–water partition coefficient (Wildman–Crippen LogP) is 5.01. The van der Waals surface area contributed by atoms with E-state index in [0.717, 1.165) is 11.8 Å². The van der Waals surface area contributed by atoms with Gasteiger partial charge in [0.05, 0.1) is 0 Å². The van der Waals surface area contributed by atoms with Crippen molar-refractivity contribution in [2.24, 2.45) is 11.8 Å². The van der Waals surface area contributed by atoms with E-state index in [0.29, 0.717) is 6.04 Å². The molecule has 0 heterocycles. The third-order valence-electron chi connectivity index (χ3n) is 3.84. The van der Waals surface area contributed by atoms with Crippen LogP contribution in [0, 0.1) is 11.8 Å². The minimum absolute atomic E-state index is 0.693. The van der Waals surface area contributed by atoms with Crippen LogP contribution in [0.4, 0.5) is 0 Å². The molecule has 0 amide bonds. The predicted molar refractivity (Wildman–Crippen MR) is 79.5 cm³/mol. The van der Waals surface area contributed by atoms with Crippen molar-refractivity contribution in [1.29, 1.82) is 0 Å². The van der Waals surface area contributed by atoms with Gasteiger partial charge in [-0.1, -0.05) is 53.4 Å². The van der Waals surface area contributed by atoms with Gasteiger partial charge < -0.3 is 5.32 Å². The minimum atomic E-state index is 0.693. The summed E-state index contributed by atoms with van der Waals surface area (Å²) in [6.07, 6.45) is 9.51. The second-order valence-electron chi connectivity index (χ2n) is 5.77. The van der Waals surface area contributed by atoms with Crippen molar-refractivity contribution in [3.05, 3.63) is 0 Å². The van der Waals surface area contributed by atoms with E-state index in [9.17, 15) is 0 Å². The van der Waals surface area contributed by atoms with Crippen LogP contribution in [0.5, 0.6) is 0 Å². The van der Waals surface area contributed by atoms with Gasteiger partial charge in [0, 0.05) is 6.04 Å². The Hall–Kier alpha value is -0.0400. The van der Waals surface area contributed by atoms with Crippen LogP contribution in [0.15, 0.2) is 0 Å². The average molecular weight is 241 g/mol. The molecule has 0 rings (SSSR count). The molecule has 3 unspecified atom stereocenters. The molecule has 104 valence electrons. The highest BCUT2D eigenvalue weighted by atomic mass is 14.9. The van der Waals surface area contributed by atoms with Crippen LogP contribution < -0.4 is 5.32 Å². The largest absolute Gasteiger partial charge is 0.314 e. The van der Waals surface area contributed by atoms with E-state index in [1.54, 1.807) is 0 Å². The van der Waals surface area contributed by atoms with Crippen molar-refractivity contribution in [1.82, 2.24) is 5.32 Å². The topological polar surface area (TPSA) is 12.0 Å². The van der Waals surface area contributed by atoms with Gasteiger partial charge in [-0.05, 0) is 44.6 Å². The molecule has 1 N–H and O–H groups in total. The van der Waals surface area contributed by atoms with Gasteiger partial charge in [-0.15, -0.1) is 0 Å². The zero-order valence-electron chi connectivity index (χ0n) is 12.9. The summed E-state index contributed by atoms with van der Waals surface area (Å²) in [6.45, 7) is 12.8. The summed E-state index contributed by atoms with van der Waals surface area (Å²) in [5, 5.41) is 3.68. The molecule has 0 radical (unpaired) electrons. The first-order chi connectivity index (χ1) is 8.15. The first-order valence-corrected chi connectivity index (χ1v) is 7.88. The number of hydrogen-bond acceptors (Lipinski definition) is 1. The fraction of sp³-hybridized carbons (Fsp3) is 1.00. The van der Waals surface area contributed by atoms with Crippen LogP contribution in [-0.4, -0.2) is 12.6 Å². The van der Waals surface area contributed by atoms with Crippen molar-refractivity contribution in [2.45, 2.75) is 85.6 Å². The maximum Gasteiger partial charge on any atom is 0.00670 e. The molecule has 0 aromatic rings. The minimum Gasteiger partial charge on any atom is -0.314 e. The molecule has 0 saturated carbocycles. The quantitative estimate of drug-likeness (QED) is 0.536. The Bertz CT molecular complexity index is 156. The van der Waals surface area contributed by atoms with Crippen LogP contribution in [0.25, 0.3) is 0 Å². The zero-order valence-corrected chi connectivity index (χ0v) is 12.9. The Morgan fingerprint density at radius 1 is 0.882 bits per heavy atom. The summed E-state index contributed by atoms with van der Waals surface area (Å²) in [6, 6.07) is 0.693. The molecule has 0 aliphatic rings. The molecule has 1 heteroatoms. The summed E-state index contributed by atoms with van der Waals surface area (Å²) >= 11 is 0. The van der Waals surface area contributed by atoms with Gasteiger partial charge in [0.1, 0.15) is 0 Å². The highest BCUT2D eigenvalue weighted by Crippen LogP contribution is 2.24. The van der Waals surface area contributed by atoms with Crippen LogP contribution in [0.3, 0.4) is 0 Å². The number of hydrogen-bond donors (Lipinski definition) is 1. The van der Waals surface area contributed by atoms with Gasteiger partial charge in [-0.25, -0.2) is 0 Å². The van der Waals surface area contributed by atoms with Gasteiger partial charge in [0.2, 0.25) is 0 Å². The van der Waals surface area contributed by atoms with Crippen LogP contribution >= 0.6 is 0 Å². The van der Waals surface area contributed by atoms with Crippen LogP contribution in [0.1, 0.15) is 79.6 Å². The lowest BCUT2D eigenvalue weighted by molar-refractivity contribution is 0.280. The molecule has 0 spiro atoms. The number of unbranched alkanes of at least 4 members (excludes halogenated alkanes) is 1. The molecule has 0 saturated heterocycles. The normalized spacial score (nSPS) is 16.8. The Labute approximate surface area is 110 Å². The van der Waals surface area contributed by atoms with E-state index in [1.165, 1.54) is 51.5 Å². The second kappa shape index (κ2) is 11.1. The van der Waals surface area contributed by atoms with E-state index >= 15 is 0 Å².